The molecule has 1 aliphatic heterocycles. The Balaban J connectivity index is 1.17. The molecule has 13 nitrogen and oxygen atoms in total. The summed E-state index contributed by atoms with van der Waals surface area (Å²) in [6, 6.07) is 9.26. The summed E-state index contributed by atoms with van der Waals surface area (Å²) in [7, 11) is 1.56. The summed E-state index contributed by atoms with van der Waals surface area (Å²) in [6.07, 6.45) is 2.96. The van der Waals surface area contributed by atoms with E-state index in [-0.39, 0.29) is 13.2 Å². The first-order valence-electron chi connectivity index (χ1n) is 13.7. The first kappa shape index (κ1) is 27.5. The van der Waals surface area contributed by atoms with Gasteiger partial charge in [-0.2, -0.15) is 5.10 Å². The molecule has 0 fully saturated rings. The molecule has 0 saturated carbocycles. The molecule has 1 atom stereocenters. The summed E-state index contributed by atoms with van der Waals surface area (Å²) in [5, 5.41) is 15.0. The zero-order chi connectivity index (χ0) is 30.5. The van der Waals surface area contributed by atoms with Gasteiger partial charge in [0.25, 0.3) is 0 Å². The third-order valence-corrected chi connectivity index (χ3v) is 8.28. The molecule has 1 N–H and O–H groups in total. The molecule has 0 bridgehead atoms. The van der Waals surface area contributed by atoms with Crippen LogP contribution in [0.4, 0.5) is 10.5 Å². The number of fused-ring (bicyclic) bond motifs is 4. The average Bonchev–Trinajstić information content (AvgIpc) is 3.66. The Morgan fingerprint density at radius 3 is 2.70 bits per heavy atom. The second kappa shape index (κ2) is 10.7. The Hall–Kier alpha value is -5.37. The quantitative estimate of drug-likeness (QED) is 0.267. The molecular weight excluding hydrogens is 584 g/mol. The van der Waals surface area contributed by atoms with E-state index in [9.17, 15) is 9.90 Å². The number of aryl methyl sites for hydroxylation is 3. The minimum atomic E-state index is -1.13. The van der Waals surface area contributed by atoms with Crippen molar-refractivity contribution < 1.29 is 24.1 Å². The Bertz CT molecular complexity index is 2060. The van der Waals surface area contributed by atoms with E-state index in [4.69, 9.17) is 19.2 Å². The van der Waals surface area contributed by atoms with Gasteiger partial charge in [-0.3, -0.25) is 4.90 Å². The van der Waals surface area contributed by atoms with Crippen LogP contribution in [0.1, 0.15) is 17.0 Å². The number of thiazole rings is 1. The highest BCUT2D eigenvalue weighted by molar-refractivity contribution is 7.22. The molecule has 0 radical (unpaired) electrons. The van der Waals surface area contributed by atoms with E-state index in [1.54, 1.807) is 38.7 Å². The van der Waals surface area contributed by atoms with Crippen LogP contribution in [0.5, 0.6) is 17.4 Å². The predicted octanol–water partition coefficient (Wildman–Crippen LogP) is 5.14. The number of carboxylic acid groups (broad SMARTS) is 1. The summed E-state index contributed by atoms with van der Waals surface area (Å²) in [6.45, 7) is 5.95. The number of carbonyl (C=O) groups is 1. The molecule has 0 saturated heterocycles. The molecule has 1 unspecified atom stereocenters. The van der Waals surface area contributed by atoms with Gasteiger partial charge in [0.15, 0.2) is 23.4 Å². The molecule has 0 aliphatic carbocycles. The second-order valence-corrected chi connectivity index (χ2v) is 11.4. The lowest BCUT2D eigenvalue weighted by molar-refractivity contribution is 0.0961. The summed E-state index contributed by atoms with van der Waals surface area (Å²) in [5.41, 5.74) is 5.47. The Kier molecular flexibility index (Phi) is 6.69. The number of ether oxygens (including phenoxy) is 3. The van der Waals surface area contributed by atoms with E-state index in [0.29, 0.717) is 34.7 Å². The van der Waals surface area contributed by atoms with E-state index in [1.165, 1.54) is 27.1 Å². The van der Waals surface area contributed by atoms with Gasteiger partial charge < -0.3 is 19.3 Å². The standard InChI is InChI=1S/C30H26N8O5S/c1-15-7-20(26-21(8-15)34-24(41-4)11-32-26)29-35-25-16(2)9-22-27(28(25)44-29)42-13-19(43-22)12-37(30(39)40)18-5-6-23(31-10-18)38-14-33-17(3)36-38/h5-11,14,19H,12-13H2,1-4H3,(H,39,40). The molecule has 0 spiro atoms. The van der Waals surface area contributed by atoms with Gasteiger partial charge in [-0.1, -0.05) is 0 Å². The summed E-state index contributed by atoms with van der Waals surface area (Å²) >= 11 is 1.49. The van der Waals surface area contributed by atoms with Gasteiger partial charge in [0.2, 0.25) is 5.88 Å². The predicted molar refractivity (Wildman–Crippen MR) is 163 cm³/mol. The number of anilines is 1. The zero-order valence-corrected chi connectivity index (χ0v) is 25.0. The van der Waals surface area contributed by atoms with Gasteiger partial charge in [-0.15, -0.1) is 11.3 Å². The van der Waals surface area contributed by atoms with E-state index >= 15 is 0 Å². The van der Waals surface area contributed by atoms with Crippen molar-refractivity contribution in [3.05, 3.63) is 66.0 Å². The Morgan fingerprint density at radius 2 is 1.98 bits per heavy atom. The van der Waals surface area contributed by atoms with Crippen molar-refractivity contribution in [3.8, 4) is 33.8 Å². The van der Waals surface area contributed by atoms with Gasteiger partial charge in [0.05, 0.1) is 48.3 Å². The third-order valence-electron chi connectivity index (χ3n) is 7.20. The summed E-state index contributed by atoms with van der Waals surface area (Å²) in [5.74, 6) is 2.71. The normalized spacial score (nSPS) is 14.2. The lowest BCUT2D eigenvalue weighted by atomic mass is 10.1. The smallest absolute Gasteiger partial charge is 0.411 e. The minimum absolute atomic E-state index is 0.0423. The van der Waals surface area contributed by atoms with E-state index in [1.807, 2.05) is 32.0 Å². The lowest BCUT2D eigenvalue weighted by Gasteiger charge is -2.30. The van der Waals surface area contributed by atoms with Crippen LogP contribution in [0.15, 0.2) is 49.1 Å². The number of methoxy groups -OCH3 is 1. The molecule has 2 aromatic carbocycles. The van der Waals surface area contributed by atoms with Gasteiger partial charge in [0.1, 0.15) is 28.5 Å². The first-order valence-corrected chi connectivity index (χ1v) is 14.5. The van der Waals surface area contributed by atoms with E-state index in [0.717, 1.165) is 42.9 Å². The SMILES string of the molecule is COc1cnc2c(-c3nc4c(C)cc5c(c4s3)OCC(CN(C(=O)O)c3ccc(-n4cnc(C)n4)nc3)O5)cc(C)cc2n1. The van der Waals surface area contributed by atoms with Gasteiger partial charge in [-0.05, 0) is 62.2 Å². The number of benzene rings is 2. The highest BCUT2D eigenvalue weighted by atomic mass is 32.1. The molecule has 44 heavy (non-hydrogen) atoms. The van der Waals surface area contributed by atoms with Crippen molar-refractivity contribution >= 4 is 44.4 Å². The number of aromatic nitrogens is 7. The summed E-state index contributed by atoms with van der Waals surface area (Å²) < 4.78 is 20.2. The number of hydrogen-bond acceptors (Lipinski definition) is 11. The maximum absolute atomic E-state index is 12.2. The molecule has 7 rings (SSSR count). The highest BCUT2D eigenvalue weighted by Crippen LogP contribution is 2.46. The number of rotatable bonds is 6. The number of pyridine rings is 1. The molecule has 5 heterocycles. The van der Waals surface area contributed by atoms with Crippen molar-refractivity contribution in [1.82, 2.24) is 34.7 Å². The second-order valence-electron chi connectivity index (χ2n) is 10.4. The molecule has 14 heteroatoms. The monoisotopic (exact) mass is 610 g/mol. The van der Waals surface area contributed by atoms with Crippen molar-refractivity contribution in [1.29, 1.82) is 0 Å². The van der Waals surface area contributed by atoms with E-state index in [2.05, 4.69) is 25.0 Å². The zero-order valence-electron chi connectivity index (χ0n) is 24.2. The molecule has 1 aliphatic rings. The fourth-order valence-corrected chi connectivity index (χ4v) is 6.29. The molecular formula is C30H26N8O5S. The van der Waals surface area contributed by atoms with Crippen molar-refractivity contribution in [2.45, 2.75) is 26.9 Å². The van der Waals surface area contributed by atoms with Crippen LogP contribution in [0.3, 0.4) is 0 Å². The van der Waals surface area contributed by atoms with Gasteiger partial charge in [-0.25, -0.2) is 34.4 Å². The molecule has 4 aromatic heterocycles. The highest BCUT2D eigenvalue weighted by Gasteiger charge is 2.30. The molecule has 222 valence electrons. The third kappa shape index (κ3) is 4.88. The van der Waals surface area contributed by atoms with Gasteiger partial charge in [0, 0.05) is 5.56 Å². The number of nitrogens with zero attached hydrogens (tertiary/aromatic N) is 8. The van der Waals surface area contributed by atoms with Crippen molar-refractivity contribution in [2.24, 2.45) is 0 Å². The number of amides is 1. The fourth-order valence-electron chi connectivity index (χ4n) is 5.14. The maximum Gasteiger partial charge on any atom is 0.411 e. The minimum Gasteiger partial charge on any atom is -0.484 e. The Morgan fingerprint density at radius 1 is 1.11 bits per heavy atom. The van der Waals surface area contributed by atoms with Crippen LogP contribution >= 0.6 is 11.3 Å². The first-order chi connectivity index (χ1) is 21.3. The fraction of sp³-hybridized carbons (Fsp3) is 0.233. The van der Waals surface area contributed by atoms with Crippen molar-refractivity contribution in [2.75, 3.05) is 25.2 Å². The lowest BCUT2D eigenvalue weighted by Crippen LogP contribution is -2.43. The largest absolute Gasteiger partial charge is 0.484 e. The van der Waals surface area contributed by atoms with Crippen LogP contribution in [0.2, 0.25) is 0 Å². The average molecular weight is 611 g/mol. The van der Waals surface area contributed by atoms with Crippen LogP contribution in [-0.2, 0) is 0 Å². The summed E-state index contributed by atoms with van der Waals surface area (Å²) in [4.78, 5) is 36.0. The van der Waals surface area contributed by atoms with Crippen molar-refractivity contribution in [3.63, 3.8) is 0 Å². The molecule has 6 aromatic rings. The van der Waals surface area contributed by atoms with Crippen LogP contribution in [0, 0.1) is 20.8 Å². The van der Waals surface area contributed by atoms with Gasteiger partial charge >= 0.3 is 6.09 Å². The maximum atomic E-state index is 12.2. The topological polar surface area (TPSA) is 150 Å². The van der Waals surface area contributed by atoms with E-state index < -0.39 is 12.2 Å². The van der Waals surface area contributed by atoms with Crippen LogP contribution in [-0.4, -0.2) is 72.3 Å². The van der Waals surface area contributed by atoms with Crippen LogP contribution < -0.4 is 19.1 Å². The number of hydrogen-bond donors (Lipinski definition) is 1. The Labute approximate surface area is 254 Å². The molecule has 1 amide bonds. The van der Waals surface area contributed by atoms with Crippen LogP contribution in [0.25, 0.3) is 37.6 Å².